The van der Waals surface area contributed by atoms with Gasteiger partial charge in [-0.05, 0) is 25.1 Å². The molecule has 1 fully saturated rings. The first-order valence-corrected chi connectivity index (χ1v) is 9.52. The topological polar surface area (TPSA) is 78.5 Å². The molecule has 1 aliphatic rings. The summed E-state index contributed by atoms with van der Waals surface area (Å²) in [6, 6.07) is 0. The maximum atomic E-state index is 12.2. The lowest BCUT2D eigenvalue weighted by Crippen LogP contribution is -2.44. The smallest absolute Gasteiger partial charge is 0.239 e. The van der Waals surface area contributed by atoms with Crippen molar-refractivity contribution in [2.24, 2.45) is 5.92 Å². The molecule has 1 saturated carbocycles. The van der Waals surface area contributed by atoms with Crippen molar-refractivity contribution < 1.29 is 14.4 Å². The van der Waals surface area contributed by atoms with Gasteiger partial charge in [-0.1, -0.05) is 38.5 Å². The van der Waals surface area contributed by atoms with E-state index in [1.807, 2.05) is 0 Å². The van der Waals surface area contributed by atoms with Gasteiger partial charge in [0.1, 0.15) is 0 Å². The molecule has 1 aliphatic carbocycles. The summed E-state index contributed by atoms with van der Waals surface area (Å²) in [4.78, 5) is 36.4. The van der Waals surface area contributed by atoms with Crippen LogP contribution in [0.3, 0.4) is 0 Å². The molecular weight excluding hydrogens is 317 g/mol. The van der Waals surface area contributed by atoms with Crippen molar-refractivity contribution in [3.8, 4) is 0 Å². The first kappa shape index (κ1) is 21.5. The highest BCUT2D eigenvalue weighted by molar-refractivity contribution is 6.19. The Labute approximate surface area is 152 Å². The van der Waals surface area contributed by atoms with Gasteiger partial charge >= 0.3 is 0 Å². The van der Waals surface area contributed by atoms with E-state index in [0.717, 1.165) is 12.8 Å². The van der Waals surface area contributed by atoms with E-state index in [4.69, 9.17) is 7.85 Å². The Morgan fingerprint density at radius 3 is 2.16 bits per heavy atom. The highest BCUT2D eigenvalue weighted by atomic mass is 16.2. The van der Waals surface area contributed by atoms with Crippen LogP contribution in [-0.2, 0) is 14.4 Å². The third kappa shape index (κ3) is 10.1. The van der Waals surface area contributed by atoms with Crippen LogP contribution in [0.1, 0.15) is 58.3 Å². The van der Waals surface area contributed by atoms with Crippen LogP contribution in [0, 0.1) is 5.92 Å². The minimum Gasteiger partial charge on any atom is -0.355 e. The summed E-state index contributed by atoms with van der Waals surface area (Å²) in [6.07, 6.45) is 9.86. The second-order valence-corrected chi connectivity index (χ2v) is 6.87. The standard InChI is InChI=1S/C18H32BN3O3/c1-15(23)20-10-11-22(18(25)12-19)14-17(24)21-13-16-8-6-4-2-3-5-7-9-16/h16H,2-14H2,1H3,(H,20,23)(H,21,24). The number of amides is 3. The number of hydrogen-bond acceptors (Lipinski definition) is 3. The van der Waals surface area contributed by atoms with E-state index < -0.39 is 0 Å². The maximum Gasteiger partial charge on any atom is 0.239 e. The molecule has 2 N–H and O–H groups in total. The molecule has 0 aromatic carbocycles. The second kappa shape index (κ2) is 12.8. The van der Waals surface area contributed by atoms with Crippen LogP contribution in [0.4, 0.5) is 0 Å². The minimum absolute atomic E-state index is 0.0116. The third-order valence-corrected chi connectivity index (χ3v) is 4.68. The van der Waals surface area contributed by atoms with E-state index in [-0.39, 0.29) is 37.1 Å². The Morgan fingerprint density at radius 1 is 1.00 bits per heavy atom. The lowest BCUT2D eigenvalue weighted by Gasteiger charge is -2.23. The zero-order valence-corrected chi connectivity index (χ0v) is 15.5. The van der Waals surface area contributed by atoms with Crippen molar-refractivity contribution in [3.63, 3.8) is 0 Å². The summed E-state index contributed by atoms with van der Waals surface area (Å²) in [7, 11) is 5.41. The van der Waals surface area contributed by atoms with Crippen LogP contribution in [0.25, 0.3) is 0 Å². The van der Waals surface area contributed by atoms with Crippen LogP contribution < -0.4 is 10.6 Å². The largest absolute Gasteiger partial charge is 0.355 e. The van der Waals surface area contributed by atoms with E-state index in [9.17, 15) is 14.4 Å². The molecule has 0 saturated heterocycles. The molecule has 0 spiro atoms. The lowest BCUT2D eigenvalue weighted by molar-refractivity contribution is -0.134. The molecule has 25 heavy (non-hydrogen) atoms. The fourth-order valence-corrected chi connectivity index (χ4v) is 3.20. The summed E-state index contributed by atoms with van der Waals surface area (Å²) >= 11 is 0. The van der Waals surface area contributed by atoms with Gasteiger partial charge < -0.3 is 15.5 Å². The molecule has 0 unspecified atom stereocenters. The Morgan fingerprint density at radius 2 is 1.60 bits per heavy atom. The Kier molecular flexibility index (Phi) is 11.0. The molecule has 140 valence electrons. The predicted molar refractivity (Wildman–Crippen MR) is 99.3 cm³/mol. The predicted octanol–water partition coefficient (Wildman–Crippen LogP) is 1.40. The van der Waals surface area contributed by atoms with E-state index in [1.165, 1.54) is 50.3 Å². The molecule has 2 radical (unpaired) electrons. The van der Waals surface area contributed by atoms with E-state index in [2.05, 4.69) is 10.6 Å². The Hall–Kier alpha value is -1.53. The average molecular weight is 349 g/mol. The molecule has 0 bridgehead atoms. The first-order chi connectivity index (χ1) is 12.0. The van der Waals surface area contributed by atoms with Gasteiger partial charge in [-0.15, -0.1) is 0 Å². The average Bonchev–Trinajstić information content (AvgIpc) is 2.72. The molecule has 6 nitrogen and oxygen atoms in total. The fraction of sp³-hybridized carbons (Fsp3) is 0.833. The molecule has 7 heteroatoms. The molecule has 3 amide bonds. The maximum absolute atomic E-state index is 12.2. The third-order valence-electron chi connectivity index (χ3n) is 4.68. The van der Waals surface area contributed by atoms with Gasteiger partial charge in [-0.25, -0.2) is 0 Å². The fourth-order valence-electron chi connectivity index (χ4n) is 3.20. The summed E-state index contributed by atoms with van der Waals surface area (Å²) < 4.78 is 0. The number of carbonyl (C=O) groups excluding carboxylic acids is 3. The zero-order chi connectivity index (χ0) is 18.5. The van der Waals surface area contributed by atoms with Gasteiger partial charge in [-0.2, -0.15) is 0 Å². The van der Waals surface area contributed by atoms with Gasteiger partial charge in [0.15, 0.2) is 0 Å². The van der Waals surface area contributed by atoms with Crippen molar-refractivity contribution in [1.82, 2.24) is 15.5 Å². The highest BCUT2D eigenvalue weighted by Crippen LogP contribution is 2.21. The van der Waals surface area contributed by atoms with Crippen LogP contribution in [-0.4, -0.2) is 56.6 Å². The number of nitrogens with zero attached hydrogens (tertiary/aromatic N) is 1. The van der Waals surface area contributed by atoms with Gasteiger partial charge in [-0.3, -0.25) is 14.4 Å². The zero-order valence-electron chi connectivity index (χ0n) is 15.5. The molecule has 1 rings (SSSR count). The minimum atomic E-state index is -0.289. The summed E-state index contributed by atoms with van der Waals surface area (Å²) in [5, 5.41) is 5.59. The van der Waals surface area contributed by atoms with E-state index >= 15 is 0 Å². The van der Waals surface area contributed by atoms with Crippen molar-refractivity contribution in [1.29, 1.82) is 0 Å². The Balaban J connectivity index is 2.38. The number of nitrogens with one attached hydrogen (secondary N) is 2. The second-order valence-electron chi connectivity index (χ2n) is 6.87. The van der Waals surface area contributed by atoms with Gasteiger partial charge in [0.05, 0.1) is 14.4 Å². The molecule has 0 aromatic rings. The highest BCUT2D eigenvalue weighted by Gasteiger charge is 2.17. The van der Waals surface area contributed by atoms with Crippen molar-refractivity contribution >= 4 is 25.6 Å². The monoisotopic (exact) mass is 349 g/mol. The number of rotatable bonds is 8. The molecule has 0 heterocycles. The SMILES string of the molecule is [B]CC(=O)N(CCNC(C)=O)CC(=O)NCC1CCCCCCCC1. The van der Waals surface area contributed by atoms with Gasteiger partial charge in [0.25, 0.3) is 0 Å². The molecule has 0 aromatic heterocycles. The molecule has 0 aliphatic heterocycles. The number of hydrogen-bond donors (Lipinski definition) is 2. The van der Waals surface area contributed by atoms with Gasteiger partial charge in [0, 0.05) is 26.6 Å². The van der Waals surface area contributed by atoms with Crippen molar-refractivity contribution in [2.45, 2.75) is 64.6 Å². The Bertz CT molecular complexity index is 422. The summed E-state index contributed by atoms with van der Waals surface area (Å²) in [5.41, 5.74) is 0. The quantitative estimate of drug-likeness (QED) is 0.651. The first-order valence-electron chi connectivity index (χ1n) is 9.52. The molecular formula is C18H32BN3O3. The normalized spacial score (nSPS) is 16.2. The van der Waals surface area contributed by atoms with Crippen molar-refractivity contribution in [2.75, 3.05) is 26.2 Å². The summed E-state index contributed by atoms with van der Waals surface area (Å²) in [5.74, 6) is -0.0858. The van der Waals surface area contributed by atoms with Crippen LogP contribution in [0.2, 0.25) is 6.32 Å². The summed E-state index contributed by atoms with van der Waals surface area (Å²) in [6.45, 7) is 2.68. The lowest BCUT2D eigenvalue weighted by atomic mass is 9.97. The van der Waals surface area contributed by atoms with Crippen LogP contribution in [0.15, 0.2) is 0 Å². The van der Waals surface area contributed by atoms with Gasteiger partial charge in [0.2, 0.25) is 17.7 Å². The van der Waals surface area contributed by atoms with Crippen LogP contribution in [0.5, 0.6) is 0 Å². The van der Waals surface area contributed by atoms with Crippen LogP contribution >= 0.6 is 0 Å². The van der Waals surface area contributed by atoms with E-state index in [1.54, 1.807) is 0 Å². The number of carbonyl (C=O) groups is 3. The van der Waals surface area contributed by atoms with Crippen molar-refractivity contribution in [3.05, 3.63) is 0 Å². The van der Waals surface area contributed by atoms with E-state index in [0.29, 0.717) is 19.0 Å². The molecule has 0 atom stereocenters.